The molecule has 0 aromatic heterocycles. The first-order valence-electron chi connectivity index (χ1n) is 7.39. The van der Waals surface area contributed by atoms with Gasteiger partial charge in [0.1, 0.15) is 0 Å². The number of hydrogen-bond donors (Lipinski definition) is 1. The molecule has 0 aliphatic carbocycles. The SMILES string of the molecule is C/C=C/CCN1CCCNC(C)(c2ccccc2)C1. The Bertz CT molecular complexity index is 399. The molecular formula is C17H26N2. The van der Waals surface area contributed by atoms with Crippen LogP contribution in [0.2, 0.25) is 0 Å². The number of hydrogen-bond acceptors (Lipinski definition) is 2. The van der Waals surface area contributed by atoms with Crippen LogP contribution in [0.5, 0.6) is 0 Å². The highest BCUT2D eigenvalue weighted by molar-refractivity contribution is 5.24. The van der Waals surface area contributed by atoms with Gasteiger partial charge in [0.25, 0.3) is 0 Å². The van der Waals surface area contributed by atoms with E-state index in [0.717, 1.165) is 26.1 Å². The van der Waals surface area contributed by atoms with Crippen molar-refractivity contribution in [1.82, 2.24) is 10.2 Å². The monoisotopic (exact) mass is 258 g/mol. The van der Waals surface area contributed by atoms with E-state index in [9.17, 15) is 0 Å². The molecule has 104 valence electrons. The second-order valence-corrected chi connectivity index (χ2v) is 5.61. The van der Waals surface area contributed by atoms with E-state index in [1.54, 1.807) is 0 Å². The summed E-state index contributed by atoms with van der Waals surface area (Å²) in [5.74, 6) is 0. The van der Waals surface area contributed by atoms with Crippen molar-refractivity contribution in [3.63, 3.8) is 0 Å². The van der Waals surface area contributed by atoms with Crippen LogP contribution in [0, 0.1) is 0 Å². The zero-order chi connectivity index (χ0) is 13.6. The van der Waals surface area contributed by atoms with Gasteiger partial charge in [0.2, 0.25) is 0 Å². The minimum Gasteiger partial charge on any atom is -0.307 e. The van der Waals surface area contributed by atoms with Gasteiger partial charge < -0.3 is 10.2 Å². The average Bonchev–Trinajstić information content (AvgIpc) is 2.63. The predicted octanol–water partition coefficient (Wildman–Crippen LogP) is 3.16. The standard InChI is InChI=1S/C17H26N2/c1-3-4-8-13-19-14-9-12-18-17(2,15-19)16-10-6-5-7-11-16/h3-7,10-11,18H,8-9,12-15H2,1-2H3/b4-3+. The van der Waals surface area contributed by atoms with Gasteiger partial charge >= 0.3 is 0 Å². The van der Waals surface area contributed by atoms with Gasteiger partial charge in [-0.15, -0.1) is 0 Å². The van der Waals surface area contributed by atoms with Crippen molar-refractivity contribution >= 4 is 0 Å². The van der Waals surface area contributed by atoms with Gasteiger partial charge in [-0.25, -0.2) is 0 Å². The largest absolute Gasteiger partial charge is 0.307 e. The molecule has 1 unspecified atom stereocenters. The Morgan fingerprint density at radius 2 is 2.11 bits per heavy atom. The zero-order valence-corrected chi connectivity index (χ0v) is 12.2. The summed E-state index contributed by atoms with van der Waals surface area (Å²) >= 11 is 0. The molecule has 1 N–H and O–H groups in total. The Morgan fingerprint density at radius 3 is 2.84 bits per heavy atom. The van der Waals surface area contributed by atoms with Crippen LogP contribution >= 0.6 is 0 Å². The van der Waals surface area contributed by atoms with Gasteiger partial charge in [-0.2, -0.15) is 0 Å². The molecule has 19 heavy (non-hydrogen) atoms. The van der Waals surface area contributed by atoms with Crippen LogP contribution in [0.15, 0.2) is 42.5 Å². The number of benzene rings is 1. The third kappa shape index (κ3) is 3.92. The average molecular weight is 258 g/mol. The van der Waals surface area contributed by atoms with Crippen molar-refractivity contribution in [2.45, 2.75) is 32.2 Å². The molecule has 2 rings (SSSR count). The second kappa shape index (κ2) is 6.88. The smallest absolute Gasteiger partial charge is 0.0534 e. The van der Waals surface area contributed by atoms with E-state index in [-0.39, 0.29) is 5.54 Å². The lowest BCUT2D eigenvalue weighted by molar-refractivity contribution is 0.224. The van der Waals surface area contributed by atoms with E-state index in [4.69, 9.17) is 0 Å². The lowest BCUT2D eigenvalue weighted by Crippen LogP contribution is -2.46. The van der Waals surface area contributed by atoms with E-state index in [1.807, 2.05) is 0 Å². The third-order valence-corrected chi connectivity index (χ3v) is 3.96. The summed E-state index contributed by atoms with van der Waals surface area (Å²) in [6.45, 7) is 8.98. The topological polar surface area (TPSA) is 15.3 Å². The highest BCUT2D eigenvalue weighted by Gasteiger charge is 2.30. The van der Waals surface area contributed by atoms with E-state index in [1.165, 1.54) is 18.5 Å². The molecule has 1 aliphatic rings. The molecule has 1 saturated heterocycles. The molecule has 0 amide bonds. The minimum atomic E-state index is 0.0771. The summed E-state index contributed by atoms with van der Waals surface area (Å²) in [6.07, 6.45) is 6.80. The van der Waals surface area contributed by atoms with Crippen LogP contribution in [0.25, 0.3) is 0 Å². The molecule has 0 bridgehead atoms. The third-order valence-electron chi connectivity index (χ3n) is 3.96. The zero-order valence-electron chi connectivity index (χ0n) is 12.2. The van der Waals surface area contributed by atoms with Crippen LogP contribution < -0.4 is 5.32 Å². The summed E-state index contributed by atoms with van der Waals surface area (Å²) < 4.78 is 0. The van der Waals surface area contributed by atoms with Gasteiger partial charge in [-0.05, 0) is 45.3 Å². The first-order valence-corrected chi connectivity index (χ1v) is 7.39. The lowest BCUT2D eigenvalue weighted by atomic mass is 9.91. The highest BCUT2D eigenvalue weighted by Crippen LogP contribution is 2.24. The Kier molecular flexibility index (Phi) is 5.17. The fourth-order valence-corrected chi connectivity index (χ4v) is 2.86. The molecule has 1 aromatic carbocycles. The van der Waals surface area contributed by atoms with Crippen molar-refractivity contribution in [3.05, 3.63) is 48.0 Å². The number of nitrogens with zero attached hydrogens (tertiary/aromatic N) is 1. The first kappa shape index (κ1) is 14.3. The van der Waals surface area contributed by atoms with E-state index in [0.29, 0.717) is 0 Å². The Hall–Kier alpha value is -1.12. The summed E-state index contributed by atoms with van der Waals surface area (Å²) in [4.78, 5) is 2.59. The van der Waals surface area contributed by atoms with Crippen LogP contribution in [0.1, 0.15) is 32.3 Å². The fraction of sp³-hybridized carbons (Fsp3) is 0.529. The van der Waals surface area contributed by atoms with Crippen LogP contribution in [0.3, 0.4) is 0 Å². The highest BCUT2D eigenvalue weighted by atomic mass is 15.2. The van der Waals surface area contributed by atoms with Crippen LogP contribution in [-0.2, 0) is 5.54 Å². The summed E-state index contributed by atoms with van der Waals surface area (Å²) in [6, 6.07) is 10.8. The van der Waals surface area contributed by atoms with Crippen molar-refractivity contribution in [3.8, 4) is 0 Å². The Balaban J connectivity index is 2.07. The summed E-state index contributed by atoms with van der Waals surface area (Å²) in [7, 11) is 0. The Labute approximate surface area is 117 Å². The van der Waals surface area contributed by atoms with Crippen molar-refractivity contribution in [2.24, 2.45) is 0 Å². The number of allylic oxidation sites excluding steroid dienone is 1. The normalized spacial score (nSPS) is 25.6. The molecule has 2 nitrogen and oxygen atoms in total. The van der Waals surface area contributed by atoms with Gasteiger partial charge in [-0.3, -0.25) is 0 Å². The van der Waals surface area contributed by atoms with Crippen molar-refractivity contribution < 1.29 is 0 Å². The molecular weight excluding hydrogens is 232 g/mol. The molecule has 0 saturated carbocycles. The van der Waals surface area contributed by atoms with Crippen molar-refractivity contribution in [2.75, 3.05) is 26.2 Å². The number of nitrogens with one attached hydrogen (secondary N) is 1. The van der Waals surface area contributed by atoms with Gasteiger partial charge in [0.15, 0.2) is 0 Å². The maximum atomic E-state index is 3.73. The Morgan fingerprint density at radius 1 is 1.32 bits per heavy atom. The predicted molar refractivity (Wildman–Crippen MR) is 82.3 cm³/mol. The van der Waals surface area contributed by atoms with Gasteiger partial charge in [0.05, 0.1) is 5.54 Å². The van der Waals surface area contributed by atoms with E-state index in [2.05, 4.69) is 66.5 Å². The number of rotatable bonds is 4. The molecule has 2 heteroatoms. The van der Waals surface area contributed by atoms with Crippen LogP contribution in [-0.4, -0.2) is 31.1 Å². The minimum absolute atomic E-state index is 0.0771. The first-order chi connectivity index (χ1) is 9.24. The van der Waals surface area contributed by atoms with Crippen LogP contribution in [0.4, 0.5) is 0 Å². The van der Waals surface area contributed by atoms with Crippen molar-refractivity contribution in [1.29, 1.82) is 0 Å². The van der Waals surface area contributed by atoms with E-state index >= 15 is 0 Å². The van der Waals surface area contributed by atoms with Gasteiger partial charge in [-0.1, -0.05) is 42.5 Å². The molecule has 1 heterocycles. The summed E-state index contributed by atoms with van der Waals surface area (Å²) in [5, 5.41) is 3.73. The molecule has 0 radical (unpaired) electrons. The maximum Gasteiger partial charge on any atom is 0.0534 e. The molecule has 1 aromatic rings. The van der Waals surface area contributed by atoms with E-state index < -0.39 is 0 Å². The molecule has 0 spiro atoms. The molecule has 1 atom stereocenters. The van der Waals surface area contributed by atoms with Gasteiger partial charge in [0, 0.05) is 13.1 Å². The summed E-state index contributed by atoms with van der Waals surface area (Å²) in [5.41, 5.74) is 1.47. The molecule has 1 fully saturated rings. The maximum absolute atomic E-state index is 3.73. The quantitative estimate of drug-likeness (QED) is 0.835. The lowest BCUT2D eigenvalue weighted by Gasteiger charge is -2.34. The second-order valence-electron chi connectivity index (χ2n) is 5.61. The molecule has 1 aliphatic heterocycles. The fourth-order valence-electron chi connectivity index (χ4n) is 2.86.